The van der Waals surface area contributed by atoms with Gasteiger partial charge in [0.15, 0.2) is 0 Å². The van der Waals surface area contributed by atoms with Gasteiger partial charge in [-0.2, -0.15) is 0 Å². The molecular formula is C59H46N4. The Hall–Kier alpha value is -8.08. The second-order valence-corrected chi connectivity index (χ2v) is 16.0. The predicted molar refractivity (Wildman–Crippen MR) is 263 cm³/mol. The number of nitrogens with zero attached hydrogens (tertiary/aromatic N) is 4. The second kappa shape index (κ2) is 17.1. The number of hydrogen-bond donors (Lipinski definition) is 0. The lowest BCUT2D eigenvalue weighted by atomic mass is 9.96. The third kappa shape index (κ3) is 7.64. The molecule has 0 saturated heterocycles. The van der Waals surface area contributed by atoms with Crippen molar-refractivity contribution in [3.8, 4) is 45.0 Å². The lowest BCUT2D eigenvalue weighted by Crippen LogP contribution is -2.32. The van der Waals surface area contributed by atoms with E-state index in [0.717, 1.165) is 90.2 Å². The monoisotopic (exact) mass is 810 g/mol. The van der Waals surface area contributed by atoms with Gasteiger partial charge >= 0.3 is 0 Å². The van der Waals surface area contributed by atoms with Gasteiger partial charge in [-0.1, -0.05) is 219 Å². The van der Waals surface area contributed by atoms with Crippen LogP contribution in [-0.2, 0) is 6.54 Å². The van der Waals surface area contributed by atoms with Gasteiger partial charge in [-0.15, -0.1) is 0 Å². The highest BCUT2D eigenvalue weighted by molar-refractivity contribution is 6.09. The molecule has 0 spiro atoms. The Morgan fingerprint density at radius 2 is 1.02 bits per heavy atom. The van der Waals surface area contributed by atoms with E-state index in [-0.39, 0.29) is 0 Å². The Bertz CT molecular complexity index is 3120. The molecule has 9 aromatic rings. The van der Waals surface area contributed by atoms with Gasteiger partial charge in [0.05, 0.1) is 29.3 Å². The summed E-state index contributed by atoms with van der Waals surface area (Å²) in [5.41, 5.74) is 18.3. The Morgan fingerprint density at radius 3 is 1.67 bits per heavy atom. The highest BCUT2D eigenvalue weighted by Gasteiger charge is 2.28. The molecule has 1 aliphatic heterocycles. The largest absolute Gasteiger partial charge is 0.321 e. The Balaban J connectivity index is 1.02. The summed E-state index contributed by atoms with van der Waals surface area (Å²) < 4.78 is 2.25. The van der Waals surface area contributed by atoms with E-state index in [0.29, 0.717) is 6.54 Å². The lowest BCUT2D eigenvalue weighted by molar-refractivity contribution is 0.570. The molecule has 0 fully saturated rings. The van der Waals surface area contributed by atoms with Crippen LogP contribution in [0.25, 0.3) is 62.0 Å². The molecular weight excluding hydrogens is 765 g/mol. The van der Waals surface area contributed by atoms with Crippen molar-refractivity contribution in [2.45, 2.75) is 20.4 Å². The predicted octanol–water partition coefficient (Wildman–Crippen LogP) is 14.9. The molecule has 4 heteroatoms. The van der Waals surface area contributed by atoms with Crippen LogP contribution >= 0.6 is 0 Å². The van der Waals surface area contributed by atoms with Gasteiger partial charge in [0.2, 0.25) is 0 Å². The summed E-state index contributed by atoms with van der Waals surface area (Å²) in [6.07, 6.45) is 0. The SMILES string of the molecule is C=C(c1ccc(-c2ccc(C3=Nc4ccccc4CN3/C(=C(\C)c3ccccc3)c3ccccc3)cc2)cc1)n1c(-c2ccccc2C)nc(-c2ccccc2)c1-c1ccccc1. The van der Waals surface area contributed by atoms with Crippen LogP contribution in [0.15, 0.2) is 230 Å². The van der Waals surface area contributed by atoms with Gasteiger partial charge in [-0.3, -0.25) is 4.57 Å². The smallest absolute Gasteiger partial charge is 0.146 e. The molecule has 0 radical (unpaired) electrons. The number of aliphatic imine (C=N–C) groups is 1. The molecule has 8 aromatic carbocycles. The number of imidazole rings is 1. The zero-order valence-corrected chi connectivity index (χ0v) is 35.5. The fourth-order valence-electron chi connectivity index (χ4n) is 8.72. The zero-order chi connectivity index (χ0) is 42.7. The number of benzene rings is 8. The third-order valence-corrected chi connectivity index (χ3v) is 12.0. The Morgan fingerprint density at radius 1 is 0.492 bits per heavy atom. The fraction of sp³-hybridized carbons (Fsp3) is 0.0508. The molecule has 1 aromatic heterocycles. The first-order valence-corrected chi connectivity index (χ1v) is 21.5. The molecule has 10 rings (SSSR count). The summed E-state index contributed by atoms with van der Waals surface area (Å²) in [5.74, 6) is 1.79. The van der Waals surface area contributed by atoms with E-state index < -0.39 is 0 Å². The van der Waals surface area contributed by atoms with Crippen molar-refractivity contribution in [2.75, 3.05) is 0 Å². The van der Waals surface area contributed by atoms with Crippen LogP contribution in [-0.4, -0.2) is 20.3 Å². The molecule has 0 saturated carbocycles. The van der Waals surface area contributed by atoms with Crippen molar-refractivity contribution in [1.29, 1.82) is 0 Å². The molecule has 0 aliphatic carbocycles. The van der Waals surface area contributed by atoms with Crippen LogP contribution in [0.3, 0.4) is 0 Å². The van der Waals surface area contributed by atoms with Crippen molar-refractivity contribution >= 4 is 28.5 Å². The van der Waals surface area contributed by atoms with E-state index in [1.165, 1.54) is 16.7 Å². The third-order valence-electron chi connectivity index (χ3n) is 12.0. The van der Waals surface area contributed by atoms with Gasteiger partial charge in [-0.05, 0) is 64.4 Å². The molecule has 0 N–H and O–H groups in total. The summed E-state index contributed by atoms with van der Waals surface area (Å²) in [7, 11) is 0. The summed E-state index contributed by atoms with van der Waals surface area (Å²) in [5, 5.41) is 0. The van der Waals surface area contributed by atoms with Gasteiger partial charge in [0.25, 0.3) is 0 Å². The average Bonchev–Trinajstić information content (AvgIpc) is 3.75. The quantitative estimate of drug-likeness (QED) is 0.129. The molecule has 0 atom stereocenters. The van der Waals surface area contributed by atoms with E-state index in [9.17, 15) is 0 Å². The molecule has 0 unspecified atom stereocenters. The van der Waals surface area contributed by atoms with Crippen LogP contribution < -0.4 is 0 Å². The van der Waals surface area contributed by atoms with Gasteiger partial charge in [-0.25, -0.2) is 9.98 Å². The maximum Gasteiger partial charge on any atom is 0.146 e. The first kappa shape index (κ1) is 39.1. The molecule has 63 heavy (non-hydrogen) atoms. The van der Waals surface area contributed by atoms with E-state index >= 15 is 0 Å². The van der Waals surface area contributed by atoms with Crippen molar-refractivity contribution < 1.29 is 0 Å². The van der Waals surface area contributed by atoms with Crippen molar-refractivity contribution in [3.05, 3.63) is 258 Å². The van der Waals surface area contributed by atoms with Crippen LogP contribution in [0, 0.1) is 6.92 Å². The van der Waals surface area contributed by atoms with E-state index in [2.05, 4.69) is 236 Å². The number of aryl methyl sites for hydroxylation is 1. The van der Waals surface area contributed by atoms with Crippen LogP contribution in [0.4, 0.5) is 5.69 Å². The van der Waals surface area contributed by atoms with E-state index in [1.807, 2.05) is 6.07 Å². The molecule has 0 bridgehead atoms. The van der Waals surface area contributed by atoms with Gasteiger partial charge < -0.3 is 4.90 Å². The number of fused-ring (bicyclic) bond motifs is 1. The first-order valence-electron chi connectivity index (χ1n) is 21.5. The molecule has 2 heterocycles. The first-order chi connectivity index (χ1) is 31.0. The van der Waals surface area contributed by atoms with Gasteiger partial charge in [0, 0.05) is 28.0 Å². The Labute approximate surface area is 370 Å². The standard InChI is InChI=1S/C59H46N4/c1-41-20-16-18-30-53(41)59-61-55(48-23-10-5-11-24-48)57(50-27-14-7-15-28-50)63(59)43(3)45-32-34-46(35-33-45)47-36-38-51(39-37-47)58-60-54-31-19-17-29-52(54)40-62(58)56(49-25-12-6-13-26-49)42(2)44-21-8-4-9-22-44/h4-39H,3,40H2,1-2H3/b56-42+. The fourth-order valence-corrected chi connectivity index (χ4v) is 8.72. The molecule has 302 valence electrons. The van der Waals surface area contributed by atoms with E-state index in [1.54, 1.807) is 0 Å². The van der Waals surface area contributed by atoms with Crippen LogP contribution in [0.5, 0.6) is 0 Å². The van der Waals surface area contributed by atoms with Crippen LogP contribution in [0.2, 0.25) is 0 Å². The molecule has 0 amide bonds. The number of rotatable bonds is 10. The minimum Gasteiger partial charge on any atom is -0.321 e. The number of hydrogen-bond acceptors (Lipinski definition) is 3. The number of allylic oxidation sites excluding steroid dienone is 1. The number of para-hydroxylation sites is 1. The number of amidine groups is 1. The maximum absolute atomic E-state index is 5.40. The summed E-state index contributed by atoms with van der Waals surface area (Å²) in [6.45, 7) is 9.83. The summed E-state index contributed by atoms with van der Waals surface area (Å²) >= 11 is 0. The van der Waals surface area contributed by atoms with Crippen molar-refractivity contribution in [3.63, 3.8) is 0 Å². The minimum atomic E-state index is 0.706. The van der Waals surface area contributed by atoms with Crippen molar-refractivity contribution in [1.82, 2.24) is 14.5 Å². The molecule has 4 nitrogen and oxygen atoms in total. The normalized spacial score (nSPS) is 12.6. The summed E-state index contributed by atoms with van der Waals surface area (Å²) in [4.78, 5) is 13.2. The molecule has 1 aliphatic rings. The topological polar surface area (TPSA) is 33.4 Å². The van der Waals surface area contributed by atoms with Gasteiger partial charge in [0.1, 0.15) is 11.7 Å². The highest BCUT2D eigenvalue weighted by Crippen LogP contribution is 2.41. The lowest BCUT2D eigenvalue weighted by Gasteiger charge is -2.34. The second-order valence-electron chi connectivity index (χ2n) is 16.0. The van der Waals surface area contributed by atoms with E-state index in [4.69, 9.17) is 16.6 Å². The van der Waals surface area contributed by atoms with Crippen LogP contribution in [0.1, 0.15) is 40.3 Å². The Kier molecular flexibility index (Phi) is 10.6. The minimum absolute atomic E-state index is 0.706. The average molecular weight is 811 g/mol. The summed E-state index contributed by atoms with van der Waals surface area (Å²) in [6, 6.07) is 76.8. The zero-order valence-electron chi connectivity index (χ0n) is 35.5. The number of aromatic nitrogens is 2. The maximum atomic E-state index is 5.40. The van der Waals surface area contributed by atoms with Crippen molar-refractivity contribution in [2.24, 2.45) is 4.99 Å². The highest BCUT2D eigenvalue weighted by atomic mass is 15.2.